The zero-order valence-corrected chi connectivity index (χ0v) is 8.41. The number of nitrogens with zero attached hydrogens (tertiary/aromatic N) is 1. The average molecular weight is 202 g/mol. The maximum Gasteiger partial charge on any atom is 0.261 e. The number of hydrogen-bond acceptors (Lipinski definition) is 4. The van der Waals surface area contributed by atoms with Crippen molar-refractivity contribution in [2.45, 2.75) is 13.3 Å². The summed E-state index contributed by atoms with van der Waals surface area (Å²) in [5, 5.41) is 8.50. The highest BCUT2D eigenvalue weighted by Crippen LogP contribution is 2.23. The van der Waals surface area contributed by atoms with E-state index in [0.717, 1.165) is 12.2 Å². The normalized spacial score (nSPS) is 11.8. The first-order valence-electron chi connectivity index (χ1n) is 3.39. The molecule has 0 heterocycles. The van der Waals surface area contributed by atoms with Crippen LogP contribution < -0.4 is 5.73 Å². The Bertz CT molecular complexity index is 242. The van der Waals surface area contributed by atoms with Crippen LogP contribution in [-0.4, -0.2) is 11.7 Å². The Labute approximate surface area is 81.4 Å². The molecule has 0 aliphatic rings. The summed E-state index contributed by atoms with van der Waals surface area (Å²) in [6.07, 6.45) is 0.964. The van der Waals surface area contributed by atoms with Gasteiger partial charge in [-0.1, -0.05) is 6.92 Å². The van der Waals surface area contributed by atoms with Crippen molar-refractivity contribution in [3.63, 3.8) is 0 Å². The minimum Gasteiger partial charge on any atom is -0.365 e. The lowest BCUT2D eigenvalue weighted by Gasteiger charge is -1.99. The number of carbonyl (C=O) groups is 1. The average Bonchev–Trinajstić information content (AvgIpc) is 2.01. The van der Waals surface area contributed by atoms with E-state index in [-0.39, 0.29) is 5.57 Å². The summed E-state index contributed by atoms with van der Waals surface area (Å²) < 4.78 is 0.409. The molecule has 0 aromatic carbocycles. The molecular formula is C7H10N2OS2. The molecule has 0 radical (unpaired) electrons. The summed E-state index contributed by atoms with van der Waals surface area (Å²) in [6.45, 7) is 2.00. The van der Waals surface area contributed by atoms with Crippen LogP contribution in [0.1, 0.15) is 13.3 Å². The van der Waals surface area contributed by atoms with Crippen LogP contribution in [0.25, 0.3) is 0 Å². The summed E-state index contributed by atoms with van der Waals surface area (Å²) in [5.41, 5.74) is 4.88. The smallest absolute Gasteiger partial charge is 0.261 e. The molecule has 0 aliphatic heterocycles. The van der Waals surface area contributed by atoms with Gasteiger partial charge in [0.05, 0.1) is 4.24 Å². The van der Waals surface area contributed by atoms with E-state index >= 15 is 0 Å². The third kappa shape index (κ3) is 3.69. The van der Waals surface area contributed by atoms with Gasteiger partial charge in [0, 0.05) is 0 Å². The number of primary amides is 1. The van der Waals surface area contributed by atoms with Crippen LogP contribution >= 0.6 is 24.4 Å². The Morgan fingerprint density at radius 2 is 2.33 bits per heavy atom. The number of hydrogen-bond donors (Lipinski definition) is 2. The molecule has 0 saturated carbocycles. The molecule has 0 aromatic heterocycles. The first kappa shape index (κ1) is 11.4. The fraction of sp³-hybridized carbons (Fsp3) is 0.429. The molecule has 2 N–H and O–H groups in total. The lowest BCUT2D eigenvalue weighted by Crippen LogP contribution is -2.13. The van der Waals surface area contributed by atoms with Crippen LogP contribution in [0.3, 0.4) is 0 Å². The number of rotatable bonds is 4. The van der Waals surface area contributed by atoms with Crippen LogP contribution in [0.4, 0.5) is 0 Å². The maximum absolute atomic E-state index is 10.6. The second kappa shape index (κ2) is 5.98. The molecule has 0 spiro atoms. The van der Waals surface area contributed by atoms with E-state index in [1.165, 1.54) is 11.8 Å². The molecule has 0 fully saturated rings. The first-order valence-corrected chi connectivity index (χ1v) is 4.82. The van der Waals surface area contributed by atoms with Gasteiger partial charge in [-0.25, -0.2) is 0 Å². The summed E-state index contributed by atoms with van der Waals surface area (Å²) in [6, 6.07) is 1.72. The van der Waals surface area contributed by atoms with E-state index in [1.54, 1.807) is 6.07 Å². The third-order valence-corrected chi connectivity index (χ3v) is 2.72. The minimum atomic E-state index is -0.717. The lowest BCUT2D eigenvalue weighted by atomic mass is 10.3. The predicted molar refractivity (Wildman–Crippen MR) is 53.6 cm³/mol. The third-order valence-electron chi connectivity index (χ3n) is 1.01. The van der Waals surface area contributed by atoms with Gasteiger partial charge in [-0.2, -0.15) is 5.26 Å². The quantitative estimate of drug-likeness (QED) is 0.410. The molecule has 0 unspecified atom stereocenters. The van der Waals surface area contributed by atoms with Crippen molar-refractivity contribution in [2.75, 3.05) is 5.75 Å². The number of nitrogens with two attached hydrogens (primary N) is 1. The molecule has 12 heavy (non-hydrogen) atoms. The van der Waals surface area contributed by atoms with Crippen LogP contribution in [-0.2, 0) is 4.79 Å². The zero-order valence-electron chi connectivity index (χ0n) is 6.70. The van der Waals surface area contributed by atoms with Crippen molar-refractivity contribution in [1.82, 2.24) is 0 Å². The Balaban J connectivity index is 4.42. The standard InChI is InChI=1S/C7H10N2OS2/c1-2-3-12-7(11)5(4-8)6(9)10/h11H,2-3H2,1H3,(H2,9,10)/b7-5+. The van der Waals surface area contributed by atoms with Gasteiger partial charge < -0.3 is 5.73 Å². The zero-order chi connectivity index (χ0) is 9.56. The lowest BCUT2D eigenvalue weighted by molar-refractivity contribution is -0.114. The number of nitriles is 1. The summed E-state index contributed by atoms with van der Waals surface area (Å²) in [7, 11) is 0. The second-order valence-electron chi connectivity index (χ2n) is 2.00. The van der Waals surface area contributed by atoms with Gasteiger partial charge >= 0.3 is 0 Å². The van der Waals surface area contributed by atoms with Crippen LogP contribution in [0, 0.1) is 11.3 Å². The highest BCUT2D eigenvalue weighted by Gasteiger charge is 2.08. The van der Waals surface area contributed by atoms with Gasteiger partial charge in [-0.05, 0) is 12.2 Å². The van der Waals surface area contributed by atoms with Crippen molar-refractivity contribution in [3.05, 3.63) is 9.81 Å². The van der Waals surface area contributed by atoms with Crippen molar-refractivity contribution in [1.29, 1.82) is 5.26 Å². The van der Waals surface area contributed by atoms with Gasteiger partial charge in [-0.3, -0.25) is 4.79 Å². The molecule has 66 valence electrons. The van der Waals surface area contributed by atoms with Crippen molar-refractivity contribution in [2.24, 2.45) is 5.73 Å². The van der Waals surface area contributed by atoms with Crippen LogP contribution in [0.5, 0.6) is 0 Å². The van der Waals surface area contributed by atoms with E-state index in [9.17, 15) is 4.79 Å². The Morgan fingerprint density at radius 3 is 2.67 bits per heavy atom. The molecule has 3 nitrogen and oxygen atoms in total. The molecule has 1 amide bonds. The molecule has 0 rings (SSSR count). The SMILES string of the molecule is CCCS/C(S)=C(\C#N)C(N)=O. The van der Waals surface area contributed by atoms with Crippen molar-refractivity contribution < 1.29 is 4.79 Å². The number of thioether (sulfide) groups is 1. The van der Waals surface area contributed by atoms with Gasteiger partial charge in [0.25, 0.3) is 5.91 Å². The van der Waals surface area contributed by atoms with Gasteiger partial charge in [-0.15, -0.1) is 24.4 Å². The molecule has 0 aliphatic carbocycles. The van der Waals surface area contributed by atoms with Crippen LogP contribution in [0.15, 0.2) is 9.81 Å². The summed E-state index contributed by atoms with van der Waals surface area (Å²) in [4.78, 5) is 10.6. The Morgan fingerprint density at radius 1 is 1.75 bits per heavy atom. The van der Waals surface area contributed by atoms with E-state index in [0.29, 0.717) is 4.24 Å². The number of amides is 1. The summed E-state index contributed by atoms with van der Waals surface area (Å²) in [5.74, 6) is 0.114. The van der Waals surface area contributed by atoms with Crippen LogP contribution in [0.2, 0.25) is 0 Å². The molecular weight excluding hydrogens is 192 g/mol. The first-order chi connectivity index (χ1) is 5.63. The van der Waals surface area contributed by atoms with Crippen molar-refractivity contribution in [3.8, 4) is 6.07 Å². The van der Waals surface area contributed by atoms with Gasteiger partial charge in [0.15, 0.2) is 0 Å². The minimum absolute atomic E-state index is 0.0585. The van der Waals surface area contributed by atoms with E-state index < -0.39 is 5.91 Å². The topological polar surface area (TPSA) is 66.9 Å². The van der Waals surface area contributed by atoms with E-state index in [4.69, 9.17) is 11.0 Å². The van der Waals surface area contributed by atoms with Gasteiger partial charge in [0.1, 0.15) is 11.6 Å². The monoisotopic (exact) mass is 202 g/mol. The van der Waals surface area contributed by atoms with E-state index in [1.807, 2.05) is 6.92 Å². The molecule has 0 atom stereocenters. The highest BCUT2D eigenvalue weighted by molar-refractivity contribution is 8.15. The number of thiol groups is 1. The fourth-order valence-corrected chi connectivity index (χ4v) is 1.60. The van der Waals surface area contributed by atoms with Gasteiger partial charge in [0.2, 0.25) is 0 Å². The molecule has 0 saturated heterocycles. The largest absolute Gasteiger partial charge is 0.365 e. The summed E-state index contributed by atoms with van der Waals surface area (Å²) >= 11 is 5.36. The Hall–Kier alpha value is -0.600. The fourth-order valence-electron chi connectivity index (χ4n) is 0.479. The van der Waals surface area contributed by atoms with E-state index in [2.05, 4.69) is 12.6 Å². The highest BCUT2D eigenvalue weighted by atomic mass is 32.2. The maximum atomic E-state index is 10.6. The molecule has 0 aromatic rings. The molecule has 0 bridgehead atoms. The second-order valence-corrected chi connectivity index (χ2v) is 3.86. The molecule has 5 heteroatoms. The predicted octanol–water partition coefficient (Wildman–Crippen LogP) is 1.28. The Kier molecular flexibility index (Phi) is 5.68. The number of carbonyl (C=O) groups excluding carboxylic acids is 1. The van der Waals surface area contributed by atoms with Crippen molar-refractivity contribution >= 4 is 30.3 Å².